The summed E-state index contributed by atoms with van der Waals surface area (Å²) in [6.45, 7) is 15.6. The Bertz CT molecular complexity index is 1520. The van der Waals surface area contributed by atoms with Gasteiger partial charge in [0.1, 0.15) is 34.7 Å². The van der Waals surface area contributed by atoms with Crippen LogP contribution in [0.15, 0.2) is 29.4 Å². The van der Waals surface area contributed by atoms with E-state index in [2.05, 4.69) is 0 Å². The predicted octanol–water partition coefficient (Wildman–Crippen LogP) is 5.72. The number of Topliss-reactive ketones (excluding diaryl/α,β-unsaturated/α-hetero) is 2. The Morgan fingerprint density at radius 3 is 2.47 bits per heavy atom. The molecule has 1 spiro atoms. The maximum Gasteiger partial charge on any atom is 0.180 e. The summed E-state index contributed by atoms with van der Waals surface area (Å²) in [4.78, 5) is 41.2. The molecule has 3 aliphatic carbocycles. The third-order valence-electron chi connectivity index (χ3n) is 10.1. The molecule has 7 rings (SSSR count). The number of allylic oxidation sites excluding steroid dienone is 3. The fourth-order valence-corrected chi connectivity index (χ4v) is 8.38. The highest BCUT2D eigenvalue weighted by atomic mass is 16.6. The molecule has 3 saturated carbocycles. The molecule has 1 saturated heterocycles. The average Bonchev–Trinajstić information content (AvgIpc) is 3.07. The maximum atomic E-state index is 15.0. The second kappa shape index (κ2) is 9.63. The van der Waals surface area contributed by atoms with Crippen molar-refractivity contribution in [3.63, 3.8) is 0 Å². The minimum atomic E-state index is -1.53. The van der Waals surface area contributed by atoms with Crippen molar-refractivity contribution in [2.24, 2.45) is 17.8 Å². The Morgan fingerprint density at radius 2 is 1.81 bits per heavy atom. The van der Waals surface area contributed by atoms with Crippen molar-refractivity contribution in [1.82, 2.24) is 0 Å². The van der Waals surface area contributed by atoms with Crippen molar-refractivity contribution in [3.05, 3.63) is 46.1 Å². The summed E-state index contributed by atoms with van der Waals surface area (Å²) >= 11 is 0. The van der Waals surface area contributed by atoms with Gasteiger partial charge in [0.25, 0.3) is 0 Å². The van der Waals surface area contributed by atoms with E-state index in [4.69, 9.17) is 18.9 Å². The van der Waals surface area contributed by atoms with Gasteiger partial charge in [-0.2, -0.15) is 0 Å². The molecule has 4 bridgehead atoms. The van der Waals surface area contributed by atoms with E-state index in [1.807, 2.05) is 60.6 Å². The number of carbonyl (C=O) groups is 3. The molecule has 230 valence electrons. The van der Waals surface area contributed by atoms with Crippen LogP contribution >= 0.6 is 0 Å². The van der Waals surface area contributed by atoms with E-state index in [0.29, 0.717) is 41.9 Å². The smallest absolute Gasteiger partial charge is 0.180 e. The number of aromatic hydroxyl groups is 1. The molecular weight excluding hydrogens is 548 g/mol. The molecule has 3 aliphatic heterocycles. The minimum absolute atomic E-state index is 0.0806. The number of hydrogen-bond acceptors (Lipinski definition) is 8. The number of ether oxygens (including phenoxy) is 4. The largest absolute Gasteiger partial charge is 0.506 e. The Kier molecular flexibility index (Phi) is 6.68. The number of hydrogen-bond donors (Lipinski definition) is 1. The summed E-state index contributed by atoms with van der Waals surface area (Å²) in [6, 6.07) is 0. The predicted molar refractivity (Wildman–Crippen MR) is 161 cm³/mol. The normalized spacial score (nSPS) is 34.1. The lowest BCUT2D eigenvalue weighted by Gasteiger charge is -2.62. The van der Waals surface area contributed by atoms with Crippen LogP contribution in [-0.2, 0) is 25.5 Å². The molecule has 0 radical (unpaired) electrons. The van der Waals surface area contributed by atoms with E-state index in [1.54, 1.807) is 19.1 Å². The molecule has 3 heterocycles. The third kappa shape index (κ3) is 3.91. The van der Waals surface area contributed by atoms with Crippen LogP contribution in [0, 0.1) is 17.8 Å². The van der Waals surface area contributed by atoms with Gasteiger partial charge in [-0.15, -0.1) is 0 Å². The fraction of sp³-hybridized carbons (Fsp3) is 0.571. The SMILES string of the molecule is CCO[C@@H]1[C@@H]2C[C@H]3C(C)(C)O[C@@](CC=C(C)C=O)(C2=O)[C@]32Oc3c(CC=C(C)C)c4c(c(O)c3C(=O)[C@@H]12)C=CC(C)(C)O4. The average molecular weight is 591 g/mol. The van der Waals surface area contributed by atoms with Crippen LogP contribution in [0.1, 0.15) is 89.7 Å². The number of phenols is 1. The second-order valence-corrected chi connectivity index (χ2v) is 14.0. The molecule has 1 aromatic carbocycles. The van der Waals surface area contributed by atoms with Crippen molar-refractivity contribution in [2.45, 2.75) is 103 Å². The molecule has 6 aliphatic rings. The first kappa shape index (κ1) is 29.8. The lowest BCUT2D eigenvalue weighted by atomic mass is 9.45. The topological polar surface area (TPSA) is 108 Å². The number of ketones is 2. The van der Waals surface area contributed by atoms with Crippen LogP contribution in [0.2, 0.25) is 0 Å². The Balaban J connectivity index is 1.68. The molecular formula is C35H42O8. The number of rotatable bonds is 7. The van der Waals surface area contributed by atoms with Gasteiger partial charge in [-0.1, -0.05) is 17.7 Å². The lowest BCUT2D eigenvalue weighted by molar-refractivity contribution is -0.226. The molecule has 1 aromatic rings. The molecule has 8 heteroatoms. The van der Waals surface area contributed by atoms with Gasteiger partial charge in [0.15, 0.2) is 22.8 Å². The summed E-state index contributed by atoms with van der Waals surface area (Å²) in [7, 11) is 0. The fourth-order valence-electron chi connectivity index (χ4n) is 8.38. The van der Waals surface area contributed by atoms with Crippen molar-refractivity contribution in [3.8, 4) is 17.2 Å². The summed E-state index contributed by atoms with van der Waals surface area (Å²) in [5.74, 6) is -1.82. The standard InChI is InChI=1S/C35H42O8/c1-9-40-30-22-16-23-33(7,8)43-34(31(22)39,15-12-19(4)17-36)35(23)25(30)27(38)24-26(37)20-13-14-32(5,6)41-28(20)21(29(24)42-35)11-10-18(2)3/h10,12-14,17,22-23,25,30,37H,9,11,15-16H2,1-8H3/t22-,23-,25-,30+,34-,35-/m0/s1. The first-order valence-electron chi connectivity index (χ1n) is 15.3. The van der Waals surface area contributed by atoms with Crippen LogP contribution in [0.4, 0.5) is 0 Å². The Hall–Kier alpha value is -3.23. The molecule has 6 atom stereocenters. The van der Waals surface area contributed by atoms with E-state index in [-0.39, 0.29) is 41.0 Å². The number of phenolic OH excluding ortho intramolecular Hbond substituents is 1. The Morgan fingerprint density at radius 1 is 1.09 bits per heavy atom. The van der Waals surface area contributed by atoms with Gasteiger partial charge in [0.2, 0.25) is 0 Å². The first-order chi connectivity index (χ1) is 20.2. The van der Waals surface area contributed by atoms with Crippen molar-refractivity contribution in [2.75, 3.05) is 6.61 Å². The zero-order valence-corrected chi connectivity index (χ0v) is 26.3. The van der Waals surface area contributed by atoms with E-state index in [1.165, 1.54) is 0 Å². The van der Waals surface area contributed by atoms with E-state index in [0.717, 1.165) is 11.9 Å². The van der Waals surface area contributed by atoms with Crippen LogP contribution in [0.25, 0.3) is 6.08 Å². The minimum Gasteiger partial charge on any atom is -0.506 e. The van der Waals surface area contributed by atoms with E-state index >= 15 is 0 Å². The zero-order chi connectivity index (χ0) is 31.3. The number of benzene rings is 1. The highest BCUT2D eigenvalue weighted by molar-refractivity contribution is 6.10. The Labute approximate surface area is 253 Å². The summed E-state index contributed by atoms with van der Waals surface area (Å²) in [5.41, 5.74) is -1.73. The number of fused-ring (bicyclic) bond motifs is 2. The van der Waals surface area contributed by atoms with Gasteiger partial charge >= 0.3 is 0 Å². The van der Waals surface area contributed by atoms with Crippen LogP contribution < -0.4 is 9.47 Å². The summed E-state index contributed by atoms with van der Waals surface area (Å²) in [6.07, 6.45) is 8.33. The molecule has 0 amide bonds. The number of carbonyl (C=O) groups excluding carboxylic acids is 3. The van der Waals surface area contributed by atoms with Gasteiger partial charge < -0.3 is 24.1 Å². The van der Waals surface area contributed by atoms with Gasteiger partial charge in [-0.25, -0.2) is 0 Å². The van der Waals surface area contributed by atoms with Gasteiger partial charge in [0, 0.05) is 30.4 Å². The van der Waals surface area contributed by atoms with Gasteiger partial charge in [-0.3, -0.25) is 14.4 Å². The lowest BCUT2D eigenvalue weighted by Crippen LogP contribution is -2.80. The van der Waals surface area contributed by atoms with E-state index in [9.17, 15) is 19.5 Å². The van der Waals surface area contributed by atoms with Crippen LogP contribution in [-0.4, -0.2) is 58.1 Å². The first-order valence-corrected chi connectivity index (χ1v) is 15.3. The molecule has 43 heavy (non-hydrogen) atoms. The third-order valence-corrected chi connectivity index (χ3v) is 10.1. The molecule has 0 unspecified atom stereocenters. The number of aldehydes is 1. The van der Waals surface area contributed by atoms with Crippen molar-refractivity contribution >= 4 is 23.9 Å². The molecule has 0 aromatic heterocycles. The van der Waals surface area contributed by atoms with Gasteiger partial charge in [0.05, 0.1) is 23.2 Å². The second-order valence-electron chi connectivity index (χ2n) is 14.0. The zero-order valence-electron chi connectivity index (χ0n) is 26.3. The summed E-state index contributed by atoms with van der Waals surface area (Å²) in [5, 5.41) is 11.7. The quantitative estimate of drug-likeness (QED) is 0.244. The van der Waals surface area contributed by atoms with Crippen molar-refractivity contribution < 1.29 is 38.4 Å². The molecule has 8 nitrogen and oxygen atoms in total. The maximum absolute atomic E-state index is 15.0. The summed E-state index contributed by atoms with van der Waals surface area (Å²) < 4.78 is 26.7. The monoisotopic (exact) mass is 590 g/mol. The highest BCUT2D eigenvalue weighted by Crippen LogP contribution is 2.70. The molecule has 1 N–H and O–H groups in total. The van der Waals surface area contributed by atoms with Gasteiger partial charge in [-0.05, 0) is 86.0 Å². The van der Waals surface area contributed by atoms with Crippen LogP contribution in [0.5, 0.6) is 17.2 Å². The van der Waals surface area contributed by atoms with E-state index < -0.39 is 40.3 Å². The highest BCUT2D eigenvalue weighted by Gasteiger charge is 2.85. The van der Waals surface area contributed by atoms with Crippen LogP contribution in [0.3, 0.4) is 0 Å². The van der Waals surface area contributed by atoms with Crippen molar-refractivity contribution in [1.29, 1.82) is 0 Å². The molecule has 4 fully saturated rings.